The smallest absolute Gasteiger partial charge is 0.103 e. The van der Waals surface area contributed by atoms with E-state index in [1.54, 1.807) is 0 Å². The molecule has 0 radical (unpaired) electrons. The van der Waals surface area contributed by atoms with E-state index >= 15 is 0 Å². The molecule has 2 rings (SSSR count). The average Bonchev–Trinajstić information content (AvgIpc) is 2.68. The van der Waals surface area contributed by atoms with Gasteiger partial charge in [-0.25, -0.2) is 0 Å². The summed E-state index contributed by atoms with van der Waals surface area (Å²) in [6.07, 6.45) is -3.18. The summed E-state index contributed by atoms with van der Waals surface area (Å²) in [5.41, 5.74) is 1.89. The molecular weight excluding hydrogens is 336 g/mol. The number of aliphatic hydroxyl groups excluding tert-OH is 6. The zero-order valence-corrected chi connectivity index (χ0v) is 14.6. The summed E-state index contributed by atoms with van der Waals surface area (Å²) in [5, 5.41) is 54.0. The lowest BCUT2D eigenvalue weighted by molar-refractivity contribution is -0.0132. The standard InChI is InChI=1S/2C10H14O3/c2*11-7-10(13)9(12)6-8-4-2-1-3-5-8/h2*1-5,9-13H,6-7H2. The van der Waals surface area contributed by atoms with E-state index in [1.807, 2.05) is 60.7 Å². The van der Waals surface area contributed by atoms with Crippen LogP contribution in [0.1, 0.15) is 11.1 Å². The fourth-order valence-electron chi connectivity index (χ4n) is 2.23. The molecule has 6 nitrogen and oxygen atoms in total. The Hall–Kier alpha value is -1.80. The van der Waals surface area contributed by atoms with Crippen molar-refractivity contribution in [1.29, 1.82) is 0 Å². The predicted molar refractivity (Wildman–Crippen MR) is 98.5 cm³/mol. The van der Waals surface area contributed by atoms with Crippen LogP contribution in [0.3, 0.4) is 0 Å². The molecule has 4 unspecified atom stereocenters. The fourth-order valence-corrected chi connectivity index (χ4v) is 2.23. The molecule has 144 valence electrons. The van der Waals surface area contributed by atoms with E-state index in [9.17, 15) is 10.2 Å². The van der Waals surface area contributed by atoms with Crippen LogP contribution < -0.4 is 0 Å². The molecule has 4 atom stereocenters. The van der Waals surface area contributed by atoms with Crippen LogP contribution in [0.4, 0.5) is 0 Å². The Kier molecular flexibility index (Phi) is 10.7. The Morgan fingerprint density at radius 3 is 1.08 bits per heavy atom. The third-order valence-electron chi connectivity index (χ3n) is 3.84. The van der Waals surface area contributed by atoms with Crippen LogP contribution in [-0.4, -0.2) is 68.3 Å². The predicted octanol–water partition coefficient (Wildman–Crippen LogP) is -0.114. The van der Waals surface area contributed by atoms with Gasteiger partial charge in [0.1, 0.15) is 12.2 Å². The van der Waals surface area contributed by atoms with E-state index in [2.05, 4.69) is 0 Å². The van der Waals surface area contributed by atoms with Crippen molar-refractivity contribution in [2.45, 2.75) is 37.3 Å². The van der Waals surface area contributed by atoms with E-state index in [0.717, 1.165) is 11.1 Å². The SMILES string of the molecule is OCC(O)C(O)Cc1ccccc1.OCC(O)C(O)Cc1ccccc1. The minimum absolute atomic E-state index is 0.364. The van der Waals surface area contributed by atoms with Crippen molar-refractivity contribution in [3.8, 4) is 0 Å². The van der Waals surface area contributed by atoms with Gasteiger partial charge < -0.3 is 30.6 Å². The van der Waals surface area contributed by atoms with Gasteiger partial charge in [0.2, 0.25) is 0 Å². The largest absolute Gasteiger partial charge is 0.394 e. The number of aliphatic hydroxyl groups is 6. The summed E-state index contributed by atoms with van der Waals surface area (Å²) in [6.45, 7) is -0.817. The monoisotopic (exact) mass is 364 g/mol. The quantitative estimate of drug-likeness (QED) is 0.389. The second kappa shape index (κ2) is 12.5. The molecule has 0 saturated carbocycles. The lowest BCUT2D eigenvalue weighted by atomic mass is 10.0. The van der Waals surface area contributed by atoms with Crippen molar-refractivity contribution in [3.05, 3.63) is 71.8 Å². The van der Waals surface area contributed by atoms with Crippen LogP contribution in [-0.2, 0) is 12.8 Å². The number of benzene rings is 2. The Labute approximate surface area is 153 Å². The average molecular weight is 364 g/mol. The second-order valence-electron chi connectivity index (χ2n) is 6.01. The van der Waals surface area contributed by atoms with Crippen LogP contribution in [0.2, 0.25) is 0 Å². The Morgan fingerprint density at radius 1 is 0.500 bits per heavy atom. The normalized spacial score (nSPS) is 15.3. The molecule has 0 aliphatic heterocycles. The van der Waals surface area contributed by atoms with Crippen molar-refractivity contribution >= 4 is 0 Å². The summed E-state index contributed by atoms with van der Waals surface area (Å²) in [5.74, 6) is 0. The van der Waals surface area contributed by atoms with Gasteiger partial charge in [0.05, 0.1) is 25.4 Å². The molecule has 6 N–H and O–H groups in total. The molecule has 26 heavy (non-hydrogen) atoms. The van der Waals surface area contributed by atoms with Crippen LogP contribution >= 0.6 is 0 Å². The lowest BCUT2D eigenvalue weighted by Gasteiger charge is -2.15. The highest BCUT2D eigenvalue weighted by atomic mass is 16.4. The van der Waals surface area contributed by atoms with Crippen LogP contribution in [0.5, 0.6) is 0 Å². The zero-order chi connectivity index (χ0) is 19.4. The molecule has 0 amide bonds. The fraction of sp³-hybridized carbons (Fsp3) is 0.400. The molecule has 0 aromatic heterocycles. The van der Waals surface area contributed by atoms with E-state index in [1.165, 1.54) is 0 Å². The van der Waals surface area contributed by atoms with Crippen molar-refractivity contribution in [3.63, 3.8) is 0 Å². The van der Waals surface area contributed by atoms with Crippen LogP contribution in [0.25, 0.3) is 0 Å². The Balaban J connectivity index is 0.000000260. The first-order valence-electron chi connectivity index (χ1n) is 8.49. The third kappa shape index (κ3) is 8.53. The summed E-state index contributed by atoms with van der Waals surface area (Å²) >= 11 is 0. The van der Waals surface area contributed by atoms with Gasteiger partial charge in [-0.15, -0.1) is 0 Å². The van der Waals surface area contributed by atoms with Crippen LogP contribution in [0, 0.1) is 0 Å². The van der Waals surface area contributed by atoms with Gasteiger partial charge in [0.25, 0.3) is 0 Å². The van der Waals surface area contributed by atoms with E-state index in [-0.39, 0.29) is 0 Å². The van der Waals surface area contributed by atoms with E-state index in [4.69, 9.17) is 20.4 Å². The first-order valence-corrected chi connectivity index (χ1v) is 8.49. The molecule has 2 aromatic carbocycles. The van der Waals surface area contributed by atoms with Gasteiger partial charge in [-0.3, -0.25) is 0 Å². The first-order chi connectivity index (χ1) is 12.5. The van der Waals surface area contributed by atoms with Crippen molar-refractivity contribution in [2.24, 2.45) is 0 Å². The molecule has 0 heterocycles. The van der Waals surface area contributed by atoms with Crippen molar-refractivity contribution < 1.29 is 30.6 Å². The zero-order valence-electron chi connectivity index (χ0n) is 14.6. The molecule has 6 heteroatoms. The third-order valence-corrected chi connectivity index (χ3v) is 3.84. The van der Waals surface area contributed by atoms with Crippen molar-refractivity contribution in [1.82, 2.24) is 0 Å². The summed E-state index contributed by atoms with van der Waals surface area (Å²) in [7, 11) is 0. The second-order valence-corrected chi connectivity index (χ2v) is 6.01. The maximum absolute atomic E-state index is 9.36. The first kappa shape index (κ1) is 22.2. The van der Waals surface area contributed by atoms with Gasteiger partial charge in [-0.05, 0) is 11.1 Å². The van der Waals surface area contributed by atoms with Gasteiger partial charge in [0.15, 0.2) is 0 Å². The summed E-state index contributed by atoms with van der Waals surface area (Å²) in [4.78, 5) is 0. The van der Waals surface area contributed by atoms with Gasteiger partial charge in [0, 0.05) is 12.8 Å². The Morgan fingerprint density at radius 2 is 0.808 bits per heavy atom. The minimum atomic E-state index is -1.06. The molecule has 2 aromatic rings. The Bertz CT molecular complexity index is 524. The highest BCUT2D eigenvalue weighted by Gasteiger charge is 2.15. The molecule has 0 aliphatic carbocycles. The minimum Gasteiger partial charge on any atom is -0.394 e. The number of hydrogen-bond acceptors (Lipinski definition) is 6. The molecule has 0 fully saturated rings. The van der Waals surface area contributed by atoms with Gasteiger partial charge in [-0.2, -0.15) is 0 Å². The highest BCUT2D eigenvalue weighted by molar-refractivity contribution is 5.16. The van der Waals surface area contributed by atoms with E-state index in [0.29, 0.717) is 12.8 Å². The van der Waals surface area contributed by atoms with E-state index < -0.39 is 37.6 Å². The topological polar surface area (TPSA) is 121 Å². The number of hydrogen-bond donors (Lipinski definition) is 6. The number of rotatable bonds is 8. The molecular formula is C20H28O6. The summed E-state index contributed by atoms with van der Waals surface area (Å²) in [6, 6.07) is 18.7. The highest BCUT2D eigenvalue weighted by Crippen LogP contribution is 2.06. The lowest BCUT2D eigenvalue weighted by Crippen LogP contribution is -2.30. The van der Waals surface area contributed by atoms with Crippen molar-refractivity contribution in [2.75, 3.05) is 13.2 Å². The maximum atomic E-state index is 9.36. The maximum Gasteiger partial charge on any atom is 0.103 e. The molecule has 0 aliphatic rings. The summed E-state index contributed by atoms with van der Waals surface area (Å²) < 4.78 is 0. The van der Waals surface area contributed by atoms with Gasteiger partial charge in [-0.1, -0.05) is 60.7 Å². The van der Waals surface area contributed by atoms with Crippen LogP contribution in [0.15, 0.2) is 60.7 Å². The molecule has 0 saturated heterocycles. The molecule has 0 bridgehead atoms. The van der Waals surface area contributed by atoms with Gasteiger partial charge >= 0.3 is 0 Å². The molecule has 0 spiro atoms.